The molecule has 0 heterocycles. The van der Waals surface area contributed by atoms with E-state index < -0.39 is 11.4 Å². The molecule has 3 N–H and O–H groups in total. The van der Waals surface area contributed by atoms with Crippen molar-refractivity contribution in [3.63, 3.8) is 0 Å². The van der Waals surface area contributed by atoms with Crippen molar-refractivity contribution in [3.8, 4) is 0 Å². The maximum Gasteiger partial charge on any atom is 0.309 e. The summed E-state index contributed by atoms with van der Waals surface area (Å²) >= 11 is 3.18. The molecule has 1 aliphatic carbocycles. The van der Waals surface area contributed by atoms with Gasteiger partial charge in [-0.25, -0.2) is 0 Å². The van der Waals surface area contributed by atoms with E-state index in [-0.39, 0.29) is 17.0 Å². The standard InChI is InChI=1S/C22H26BrN3O2/c1-22(2,20(27)28)12-19(24)26(21(23)25)13-16-10-9-15(11-14-7-8-14)17-5-3-4-6-18(16)17/h3-6,9-10,14,24-25H,7-8,11-13H2,1-2H3,(H,27,28). The first kappa shape index (κ1) is 20.5. The zero-order valence-corrected chi connectivity index (χ0v) is 17.8. The summed E-state index contributed by atoms with van der Waals surface area (Å²) in [6, 6.07) is 12.5. The van der Waals surface area contributed by atoms with Gasteiger partial charge in [0.25, 0.3) is 0 Å². The molecule has 1 saturated carbocycles. The molecule has 1 fully saturated rings. The second-order valence-corrected chi connectivity index (χ2v) is 9.02. The van der Waals surface area contributed by atoms with Gasteiger partial charge in [0.1, 0.15) is 5.84 Å². The Balaban J connectivity index is 1.89. The lowest BCUT2D eigenvalue weighted by atomic mass is 9.88. The van der Waals surface area contributed by atoms with Gasteiger partial charge in [0.05, 0.1) is 12.0 Å². The van der Waals surface area contributed by atoms with E-state index in [0.717, 1.165) is 23.3 Å². The lowest BCUT2D eigenvalue weighted by Crippen LogP contribution is -2.37. The van der Waals surface area contributed by atoms with Crippen LogP contribution in [0.3, 0.4) is 0 Å². The van der Waals surface area contributed by atoms with Gasteiger partial charge in [0.2, 0.25) is 0 Å². The third-order valence-electron chi connectivity index (χ3n) is 5.39. The SMILES string of the molecule is CC(C)(CC(=N)N(Cc1ccc(CC2CC2)c2ccccc12)C(=N)Br)C(=O)O. The van der Waals surface area contributed by atoms with Crippen LogP contribution in [0.2, 0.25) is 0 Å². The monoisotopic (exact) mass is 443 g/mol. The molecule has 0 radical (unpaired) electrons. The van der Waals surface area contributed by atoms with E-state index in [1.54, 1.807) is 13.8 Å². The number of carbonyl (C=O) groups is 1. The summed E-state index contributed by atoms with van der Waals surface area (Å²) in [5.74, 6) is -0.0403. The van der Waals surface area contributed by atoms with Crippen LogP contribution in [0.5, 0.6) is 0 Å². The fourth-order valence-electron chi connectivity index (χ4n) is 3.42. The van der Waals surface area contributed by atoms with Gasteiger partial charge in [-0.3, -0.25) is 15.6 Å². The number of amidine groups is 2. The van der Waals surface area contributed by atoms with Gasteiger partial charge in [0.15, 0.2) is 4.74 Å². The van der Waals surface area contributed by atoms with Crippen LogP contribution in [0.4, 0.5) is 0 Å². The Morgan fingerprint density at radius 2 is 1.71 bits per heavy atom. The number of carboxylic acids is 1. The molecule has 0 atom stereocenters. The number of rotatable bonds is 7. The van der Waals surface area contributed by atoms with Crippen LogP contribution in [0.15, 0.2) is 36.4 Å². The van der Waals surface area contributed by atoms with Crippen LogP contribution < -0.4 is 0 Å². The third-order valence-corrected chi connectivity index (χ3v) is 5.82. The summed E-state index contributed by atoms with van der Waals surface area (Å²) in [4.78, 5) is 13.0. The van der Waals surface area contributed by atoms with Gasteiger partial charge in [-0.2, -0.15) is 0 Å². The average Bonchev–Trinajstić information content (AvgIpc) is 3.44. The molecule has 2 aromatic carbocycles. The fourth-order valence-corrected chi connectivity index (χ4v) is 3.76. The summed E-state index contributed by atoms with van der Waals surface area (Å²) in [5, 5.41) is 28.2. The van der Waals surface area contributed by atoms with E-state index >= 15 is 0 Å². The quantitative estimate of drug-likeness (QED) is 0.303. The van der Waals surface area contributed by atoms with Crippen molar-refractivity contribution < 1.29 is 9.90 Å². The number of fused-ring (bicyclic) bond motifs is 1. The minimum absolute atomic E-state index is 0.0496. The summed E-state index contributed by atoms with van der Waals surface area (Å²) in [5.41, 5.74) is 1.31. The number of hydrogen-bond donors (Lipinski definition) is 3. The molecule has 148 valence electrons. The first-order valence-electron chi connectivity index (χ1n) is 9.51. The number of nitrogens with one attached hydrogen (secondary N) is 2. The zero-order chi connectivity index (χ0) is 20.5. The first-order chi connectivity index (χ1) is 13.2. The van der Waals surface area contributed by atoms with Crippen LogP contribution in [0.1, 0.15) is 44.2 Å². The molecule has 5 nitrogen and oxygen atoms in total. The van der Waals surface area contributed by atoms with Crippen LogP contribution in [-0.2, 0) is 17.8 Å². The highest BCUT2D eigenvalue weighted by Crippen LogP contribution is 2.35. The number of carboxylic acid groups (broad SMARTS) is 1. The number of aliphatic carboxylic acids is 1. The second-order valence-electron chi connectivity index (χ2n) is 8.27. The van der Waals surface area contributed by atoms with Crippen molar-refractivity contribution in [2.75, 3.05) is 0 Å². The summed E-state index contributed by atoms with van der Waals surface area (Å²) in [7, 11) is 0. The summed E-state index contributed by atoms with van der Waals surface area (Å²) in [6.07, 6.45) is 3.76. The molecule has 6 heteroatoms. The number of halogens is 1. The molecule has 0 aromatic heterocycles. The topological polar surface area (TPSA) is 88.2 Å². The Kier molecular flexibility index (Phi) is 5.89. The summed E-state index contributed by atoms with van der Waals surface area (Å²) < 4.78 is 0.0600. The zero-order valence-electron chi connectivity index (χ0n) is 16.3. The number of hydrogen-bond acceptors (Lipinski definition) is 3. The van der Waals surface area contributed by atoms with E-state index in [1.165, 1.54) is 28.7 Å². The van der Waals surface area contributed by atoms with Gasteiger partial charge >= 0.3 is 5.97 Å². The molecule has 0 saturated heterocycles. The largest absolute Gasteiger partial charge is 0.481 e. The van der Waals surface area contributed by atoms with Crippen LogP contribution in [-0.4, -0.2) is 26.6 Å². The minimum Gasteiger partial charge on any atom is -0.481 e. The van der Waals surface area contributed by atoms with Gasteiger partial charge in [0, 0.05) is 6.42 Å². The molecular weight excluding hydrogens is 418 g/mol. The Bertz CT molecular complexity index is 935. The molecule has 2 aromatic rings. The molecule has 0 spiro atoms. The highest BCUT2D eigenvalue weighted by molar-refractivity contribution is 9.18. The number of nitrogens with zero attached hydrogens (tertiary/aromatic N) is 1. The predicted octanol–water partition coefficient (Wildman–Crippen LogP) is 5.40. The maximum absolute atomic E-state index is 11.4. The van der Waals surface area contributed by atoms with Gasteiger partial charge in [-0.05, 0) is 76.9 Å². The lowest BCUT2D eigenvalue weighted by Gasteiger charge is -2.28. The van der Waals surface area contributed by atoms with Gasteiger partial charge in [-0.15, -0.1) is 0 Å². The van der Waals surface area contributed by atoms with Gasteiger partial charge in [-0.1, -0.05) is 36.4 Å². The first-order valence-corrected chi connectivity index (χ1v) is 10.3. The Morgan fingerprint density at radius 3 is 2.25 bits per heavy atom. The number of benzene rings is 2. The highest BCUT2D eigenvalue weighted by Gasteiger charge is 2.31. The van der Waals surface area contributed by atoms with E-state index in [9.17, 15) is 9.90 Å². The minimum atomic E-state index is -1.06. The molecular formula is C22H26BrN3O2. The van der Waals surface area contributed by atoms with E-state index in [2.05, 4.69) is 40.2 Å². The Hall–Kier alpha value is -2.21. The van der Waals surface area contributed by atoms with Crippen molar-refractivity contribution in [2.24, 2.45) is 11.3 Å². The molecule has 1 aliphatic rings. The van der Waals surface area contributed by atoms with Crippen LogP contribution in [0, 0.1) is 22.2 Å². The van der Waals surface area contributed by atoms with Crippen LogP contribution in [0.25, 0.3) is 10.8 Å². The average molecular weight is 444 g/mol. The van der Waals surface area contributed by atoms with Crippen molar-refractivity contribution in [1.82, 2.24) is 4.90 Å². The molecule has 0 amide bonds. The van der Waals surface area contributed by atoms with Crippen molar-refractivity contribution in [1.29, 1.82) is 10.8 Å². The molecule has 3 rings (SSSR count). The van der Waals surface area contributed by atoms with Gasteiger partial charge < -0.3 is 10.0 Å². The van der Waals surface area contributed by atoms with E-state index in [4.69, 9.17) is 10.8 Å². The molecule has 0 bridgehead atoms. The lowest BCUT2D eigenvalue weighted by molar-refractivity contribution is -0.146. The van der Waals surface area contributed by atoms with Crippen molar-refractivity contribution in [2.45, 2.75) is 46.1 Å². The molecule has 0 unspecified atom stereocenters. The summed E-state index contributed by atoms with van der Waals surface area (Å²) in [6.45, 7) is 3.55. The fraction of sp³-hybridized carbons (Fsp3) is 0.409. The maximum atomic E-state index is 11.4. The molecule has 0 aliphatic heterocycles. The van der Waals surface area contributed by atoms with E-state index in [0.29, 0.717) is 6.54 Å². The van der Waals surface area contributed by atoms with Crippen molar-refractivity contribution in [3.05, 3.63) is 47.5 Å². The Morgan fingerprint density at radius 1 is 1.14 bits per heavy atom. The highest BCUT2D eigenvalue weighted by atomic mass is 79.9. The molecule has 28 heavy (non-hydrogen) atoms. The van der Waals surface area contributed by atoms with E-state index in [1.807, 2.05) is 12.1 Å². The third kappa shape index (κ3) is 4.61. The normalized spacial score (nSPS) is 14.1. The van der Waals surface area contributed by atoms with Crippen LogP contribution >= 0.6 is 15.9 Å². The predicted molar refractivity (Wildman–Crippen MR) is 116 cm³/mol. The second kappa shape index (κ2) is 8.03. The Labute approximate surface area is 173 Å². The smallest absolute Gasteiger partial charge is 0.309 e. The van der Waals surface area contributed by atoms with Crippen molar-refractivity contribution >= 4 is 43.3 Å².